The zero-order chi connectivity index (χ0) is 26.3. The SMILES string of the molecule is CCCCCCCCCCCC(=O)N[C@H](CC(C)C)C(=O)NC(CCCCCC)CCCC(=O)O. The molecule has 2 atom stereocenters. The van der Waals surface area contributed by atoms with Gasteiger partial charge in [0.05, 0.1) is 0 Å². The van der Waals surface area contributed by atoms with Crippen molar-refractivity contribution in [3.8, 4) is 0 Å². The molecule has 35 heavy (non-hydrogen) atoms. The van der Waals surface area contributed by atoms with E-state index in [9.17, 15) is 14.4 Å². The van der Waals surface area contributed by atoms with E-state index < -0.39 is 12.0 Å². The van der Waals surface area contributed by atoms with Gasteiger partial charge in [-0.05, 0) is 38.0 Å². The molecule has 3 N–H and O–H groups in total. The van der Waals surface area contributed by atoms with E-state index in [-0.39, 0.29) is 30.2 Å². The minimum atomic E-state index is -0.803. The van der Waals surface area contributed by atoms with Crippen molar-refractivity contribution in [3.05, 3.63) is 0 Å². The molecule has 6 heteroatoms. The second-order valence-corrected chi connectivity index (χ2v) is 10.7. The Morgan fingerprint density at radius 3 is 1.71 bits per heavy atom. The molecule has 0 bridgehead atoms. The van der Waals surface area contributed by atoms with Crippen LogP contribution in [0, 0.1) is 5.92 Å². The fourth-order valence-electron chi connectivity index (χ4n) is 4.47. The maximum atomic E-state index is 13.1. The van der Waals surface area contributed by atoms with Crippen molar-refractivity contribution in [2.75, 3.05) is 0 Å². The van der Waals surface area contributed by atoms with Gasteiger partial charge in [0.25, 0.3) is 0 Å². The van der Waals surface area contributed by atoms with Crippen molar-refractivity contribution in [3.63, 3.8) is 0 Å². The summed E-state index contributed by atoms with van der Waals surface area (Å²) in [5.74, 6) is -0.690. The first-order valence-electron chi connectivity index (χ1n) is 14.6. The van der Waals surface area contributed by atoms with Gasteiger partial charge < -0.3 is 15.7 Å². The molecule has 0 aliphatic heterocycles. The number of carbonyl (C=O) groups excluding carboxylic acids is 2. The summed E-state index contributed by atoms with van der Waals surface area (Å²) in [6.07, 6.45) is 18.6. The fraction of sp³-hybridized carbons (Fsp3) is 0.897. The Labute approximate surface area is 215 Å². The molecule has 0 aromatic heterocycles. The third-order valence-electron chi connectivity index (χ3n) is 6.56. The third-order valence-corrected chi connectivity index (χ3v) is 6.56. The molecular formula is C29H56N2O4. The smallest absolute Gasteiger partial charge is 0.303 e. The van der Waals surface area contributed by atoms with Gasteiger partial charge in [0.2, 0.25) is 11.8 Å². The van der Waals surface area contributed by atoms with Crippen LogP contribution in [0.1, 0.15) is 150 Å². The number of carboxylic acids is 1. The van der Waals surface area contributed by atoms with Crippen LogP contribution in [0.2, 0.25) is 0 Å². The Bertz CT molecular complexity index is 551. The normalized spacial score (nSPS) is 12.9. The van der Waals surface area contributed by atoms with Crippen LogP contribution in [0.25, 0.3) is 0 Å². The Kier molecular flexibility index (Phi) is 21.8. The molecule has 0 fully saturated rings. The number of amides is 2. The van der Waals surface area contributed by atoms with Gasteiger partial charge in [-0.1, -0.05) is 105 Å². The summed E-state index contributed by atoms with van der Waals surface area (Å²) in [6.45, 7) is 8.51. The molecule has 0 aromatic rings. The van der Waals surface area contributed by atoms with E-state index in [0.717, 1.165) is 38.5 Å². The van der Waals surface area contributed by atoms with E-state index in [1.807, 2.05) is 0 Å². The van der Waals surface area contributed by atoms with Gasteiger partial charge in [0, 0.05) is 18.9 Å². The van der Waals surface area contributed by atoms with Crippen molar-refractivity contribution in [2.45, 2.75) is 162 Å². The largest absolute Gasteiger partial charge is 0.481 e. The van der Waals surface area contributed by atoms with Gasteiger partial charge in [0.15, 0.2) is 0 Å². The van der Waals surface area contributed by atoms with Gasteiger partial charge in [-0.15, -0.1) is 0 Å². The summed E-state index contributed by atoms with van der Waals surface area (Å²) >= 11 is 0. The second kappa shape index (κ2) is 22.8. The second-order valence-electron chi connectivity index (χ2n) is 10.7. The maximum absolute atomic E-state index is 13.1. The molecule has 0 saturated heterocycles. The Hall–Kier alpha value is -1.59. The molecule has 0 heterocycles. The monoisotopic (exact) mass is 496 g/mol. The summed E-state index contributed by atoms with van der Waals surface area (Å²) < 4.78 is 0. The van der Waals surface area contributed by atoms with E-state index in [1.54, 1.807) is 0 Å². The first-order valence-corrected chi connectivity index (χ1v) is 14.6. The minimum absolute atomic E-state index is 0.0393. The number of carboxylic acid groups (broad SMARTS) is 1. The van der Waals surface area contributed by atoms with Crippen LogP contribution in [0.15, 0.2) is 0 Å². The molecule has 0 aliphatic rings. The van der Waals surface area contributed by atoms with Crippen LogP contribution < -0.4 is 10.6 Å². The highest BCUT2D eigenvalue weighted by Gasteiger charge is 2.24. The average Bonchev–Trinajstić information content (AvgIpc) is 2.79. The summed E-state index contributed by atoms with van der Waals surface area (Å²) in [6, 6.07) is -0.568. The van der Waals surface area contributed by atoms with E-state index >= 15 is 0 Å². The van der Waals surface area contributed by atoms with Crippen LogP contribution >= 0.6 is 0 Å². The quantitative estimate of drug-likeness (QED) is 0.124. The van der Waals surface area contributed by atoms with Crippen LogP contribution in [0.4, 0.5) is 0 Å². The highest BCUT2D eigenvalue weighted by atomic mass is 16.4. The van der Waals surface area contributed by atoms with Crippen molar-refractivity contribution < 1.29 is 19.5 Å². The molecule has 1 unspecified atom stereocenters. The van der Waals surface area contributed by atoms with Crippen LogP contribution in [0.3, 0.4) is 0 Å². The van der Waals surface area contributed by atoms with E-state index in [4.69, 9.17) is 5.11 Å². The zero-order valence-corrected chi connectivity index (χ0v) is 23.3. The van der Waals surface area contributed by atoms with Crippen molar-refractivity contribution in [2.24, 2.45) is 5.92 Å². The molecule has 2 amide bonds. The van der Waals surface area contributed by atoms with E-state index in [1.165, 1.54) is 51.4 Å². The summed E-state index contributed by atoms with van der Waals surface area (Å²) in [5.41, 5.74) is 0. The molecule has 0 radical (unpaired) electrons. The predicted molar refractivity (Wildman–Crippen MR) is 145 cm³/mol. The van der Waals surface area contributed by atoms with Crippen molar-refractivity contribution >= 4 is 17.8 Å². The Morgan fingerprint density at radius 1 is 0.657 bits per heavy atom. The molecule has 0 rings (SSSR count). The van der Waals surface area contributed by atoms with Crippen molar-refractivity contribution in [1.82, 2.24) is 10.6 Å². The average molecular weight is 497 g/mol. The molecule has 6 nitrogen and oxygen atoms in total. The minimum Gasteiger partial charge on any atom is -0.481 e. The summed E-state index contributed by atoms with van der Waals surface area (Å²) in [4.78, 5) is 36.6. The highest BCUT2D eigenvalue weighted by Crippen LogP contribution is 2.14. The summed E-state index contributed by atoms with van der Waals surface area (Å²) in [7, 11) is 0. The Balaban J connectivity index is 4.57. The van der Waals surface area contributed by atoms with Gasteiger partial charge in [-0.25, -0.2) is 0 Å². The number of rotatable bonds is 24. The molecule has 0 saturated carbocycles. The highest BCUT2D eigenvalue weighted by molar-refractivity contribution is 5.87. The first kappa shape index (κ1) is 33.4. The van der Waals surface area contributed by atoms with Crippen LogP contribution in [-0.4, -0.2) is 35.0 Å². The number of aliphatic carboxylic acids is 1. The van der Waals surface area contributed by atoms with Gasteiger partial charge in [-0.2, -0.15) is 0 Å². The lowest BCUT2D eigenvalue weighted by Crippen LogP contribution is -2.50. The lowest BCUT2D eigenvalue weighted by molar-refractivity contribution is -0.137. The topological polar surface area (TPSA) is 95.5 Å². The molecule has 0 spiro atoms. The Morgan fingerprint density at radius 2 is 1.17 bits per heavy atom. The van der Waals surface area contributed by atoms with Gasteiger partial charge in [-0.3, -0.25) is 14.4 Å². The van der Waals surface area contributed by atoms with Gasteiger partial charge >= 0.3 is 5.97 Å². The third kappa shape index (κ3) is 21.4. The number of hydrogen-bond donors (Lipinski definition) is 3. The molecule has 0 aliphatic carbocycles. The fourth-order valence-corrected chi connectivity index (χ4v) is 4.47. The maximum Gasteiger partial charge on any atom is 0.303 e. The number of hydrogen-bond acceptors (Lipinski definition) is 3. The number of unbranched alkanes of at least 4 members (excludes halogenated alkanes) is 11. The molecule has 0 aromatic carbocycles. The lowest BCUT2D eigenvalue weighted by Gasteiger charge is -2.25. The van der Waals surface area contributed by atoms with Crippen LogP contribution in [-0.2, 0) is 14.4 Å². The molecular weight excluding hydrogens is 440 g/mol. The lowest BCUT2D eigenvalue weighted by atomic mass is 9.99. The standard InChI is InChI=1S/C29H56N2O4/c1-5-7-9-11-12-13-14-15-17-21-27(32)31-26(23-24(3)4)29(35)30-25(19-16-10-8-6-2)20-18-22-28(33)34/h24-26H,5-23H2,1-4H3,(H,30,35)(H,31,32)(H,33,34)/t25?,26-/m1/s1. The van der Waals surface area contributed by atoms with Crippen molar-refractivity contribution in [1.29, 1.82) is 0 Å². The summed E-state index contributed by atoms with van der Waals surface area (Å²) in [5, 5.41) is 15.1. The van der Waals surface area contributed by atoms with E-state index in [2.05, 4.69) is 38.3 Å². The van der Waals surface area contributed by atoms with Crippen LogP contribution in [0.5, 0.6) is 0 Å². The van der Waals surface area contributed by atoms with E-state index in [0.29, 0.717) is 25.7 Å². The number of carbonyl (C=O) groups is 3. The van der Waals surface area contributed by atoms with Gasteiger partial charge in [0.1, 0.15) is 6.04 Å². The number of nitrogens with one attached hydrogen (secondary N) is 2. The predicted octanol–water partition coefficient (Wildman–Crippen LogP) is 7.15. The molecule has 206 valence electrons. The zero-order valence-electron chi connectivity index (χ0n) is 23.3. The first-order chi connectivity index (χ1) is 16.8.